The van der Waals surface area contributed by atoms with Crippen LogP contribution in [0.1, 0.15) is 5.56 Å². The molecule has 0 amide bonds. The van der Waals surface area contributed by atoms with Crippen molar-refractivity contribution in [1.29, 1.82) is 0 Å². The molecule has 0 radical (unpaired) electrons. The van der Waals surface area contributed by atoms with Crippen molar-refractivity contribution in [2.24, 2.45) is 0 Å². The molecule has 0 saturated heterocycles. The van der Waals surface area contributed by atoms with Crippen LogP contribution in [0.2, 0.25) is 0 Å². The van der Waals surface area contributed by atoms with E-state index in [2.05, 4.69) is 15.9 Å². The maximum atomic E-state index is 13.2. The summed E-state index contributed by atoms with van der Waals surface area (Å²) in [5.74, 6) is 1.21. The number of halogens is 2. The molecule has 0 heterocycles. The number of benzene rings is 2. The van der Waals surface area contributed by atoms with Gasteiger partial charge in [-0.2, -0.15) is 0 Å². The number of hydrogen-bond donors (Lipinski definition) is 1. The molecule has 0 saturated carbocycles. The molecule has 0 bridgehead atoms. The predicted molar refractivity (Wildman–Crippen MR) is 81.1 cm³/mol. The fourth-order valence-corrected chi connectivity index (χ4v) is 3.13. The highest BCUT2D eigenvalue weighted by Gasteiger charge is 2.06. The highest BCUT2D eigenvalue weighted by molar-refractivity contribution is 9.10. The molecule has 0 unspecified atom stereocenters. The Hall–Kier alpha value is -1.20. The Morgan fingerprint density at radius 3 is 2.79 bits per heavy atom. The molecular formula is C14H13BrFNOS. The summed E-state index contributed by atoms with van der Waals surface area (Å²) in [4.78, 5) is 0.745. The summed E-state index contributed by atoms with van der Waals surface area (Å²) in [6.07, 6.45) is 0. The Morgan fingerprint density at radius 1 is 1.26 bits per heavy atom. The van der Waals surface area contributed by atoms with Crippen LogP contribution in [0, 0.1) is 5.82 Å². The van der Waals surface area contributed by atoms with Crippen LogP contribution in [0.15, 0.2) is 45.8 Å². The van der Waals surface area contributed by atoms with Crippen molar-refractivity contribution < 1.29 is 9.13 Å². The molecule has 0 aliphatic rings. The van der Waals surface area contributed by atoms with Gasteiger partial charge < -0.3 is 10.5 Å². The highest BCUT2D eigenvalue weighted by atomic mass is 79.9. The van der Waals surface area contributed by atoms with E-state index >= 15 is 0 Å². The minimum atomic E-state index is -0.276. The zero-order valence-corrected chi connectivity index (χ0v) is 12.7. The van der Waals surface area contributed by atoms with Crippen LogP contribution in [0.3, 0.4) is 0 Å². The van der Waals surface area contributed by atoms with Gasteiger partial charge >= 0.3 is 0 Å². The second-order valence-electron chi connectivity index (χ2n) is 3.93. The first-order valence-electron chi connectivity index (χ1n) is 5.60. The molecule has 19 heavy (non-hydrogen) atoms. The van der Waals surface area contributed by atoms with E-state index in [1.54, 1.807) is 13.2 Å². The lowest BCUT2D eigenvalue weighted by molar-refractivity contribution is 0.414. The maximum Gasteiger partial charge on any atom is 0.124 e. The van der Waals surface area contributed by atoms with Gasteiger partial charge in [0, 0.05) is 20.8 Å². The number of nitrogens with two attached hydrogens (primary N) is 1. The summed E-state index contributed by atoms with van der Waals surface area (Å²) < 4.78 is 19.4. The van der Waals surface area contributed by atoms with Gasteiger partial charge in [0.1, 0.15) is 11.6 Å². The van der Waals surface area contributed by atoms with Gasteiger partial charge in [0.05, 0.1) is 7.11 Å². The van der Waals surface area contributed by atoms with Crippen molar-refractivity contribution in [2.45, 2.75) is 10.6 Å². The molecule has 0 atom stereocenters. The van der Waals surface area contributed by atoms with Gasteiger partial charge in [0.15, 0.2) is 0 Å². The summed E-state index contributed by atoms with van der Waals surface area (Å²) in [6, 6.07) is 10.2. The van der Waals surface area contributed by atoms with Crippen LogP contribution < -0.4 is 10.5 Å². The first kappa shape index (κ1) is 14.2. The van der Waals surface area contributed by atoms with Crippen molar-refractivity contribution in [2.75, 3.05) is 12.8 Å². The van der Waals surface area contributed by atoms with E-state index in [-0.39, 0.29) is 5.82 Å². The number of ether oxygens (including phenoxy) is 1. The Bertz CT molecular complexity index is 592. The number of anilines is 1. The van der Waals surface area contributed by atoms with Crippen LogP contribution in [0.4, 0.5) is 10.1 Å². The van der Waals surface area contributed by atoms with Gasteiger partial charge in [0.25, 0.3) is 0 Å². The summed E-state index contributed by atoms with van der Waals surface area (Å²) in [5, 5.41) is 0. The van der Waals surface area contributed by atoms with Crippen molar-refractivity contribution in [3.63, 3.8) is 0 Å². The molecule has 0 spiro atoms. The van der Waals surface area contributed by atoms with Crippen molar-refractivity contribution in [1.82, 2.24) is 0 Å². The summed E-state index contributed by atoms with van der Waals surface area (Å²) >= 11 is 4.99. The van der Waals surface area contributed by atoms with Gasteiger partial charge in [-0.1, -0.05) is 15.9 Å². The zero-order chi connectivity index (χ0) is 13.8. The molecule has 0 aliphatic heterocycles. The van der Waals surface area contributed by atoms with Crippen LogP contribution >= 0.6 is 27.7 Å². The lowest BCUT2D eigenvalue weighted by atomic mass is 10.2. The first-order chi connectivity index (χ1) is 9.10. The van der Waals surface area contributed by atoms with E-state index in [9.17, 15) is 4.39 Å². The predicted octanol–water partition coefficient (Wildman–Crippen LogP) is 4.47. The molecule has 5 heteroatoms. The molecule has 100 valence electrons. The second-order valence-corrected chi connectivity index (χ2v) is 5.80. The van der Waals surface area contributed by atoms with E-state index < -0.39 is 0 Å². The average Bonchev–Trinajstić information content (AvgIpc) is 2.41. The van der Waals surface area contributed by atoms with Crippen molar-refractivity contribution >= 4 is 33.4 Å². The van der Waals surface area contributed by atoms with Gasteiger partial charge in [-0.3, -0.25) is 0 Å². The van der Waals surface area contributed by atoms with Gasteiger partial charge in [-0.15, -0.1) is 11.8 Å². The minimum absolute atomic E-state index is 0.276. The van der Waals surface area contributed by atoms with Crippen LogP contribution in [-0.2, 0) is 5.75 Å². The summed E-state index contributed by atoms with van der Waals surface area (Å²) in [6.45, 7) is 0. The third kappa shape index (κ3) is 3.64. The fraction of sp³-hybridized carbons (Fsp3) is 0.143. The summed E-state index contributed by atoms with van der Waals surface area (Å²) in [5.41, 5.74) is 7.49. The van der Waals surface area contributed by atoms with E-state index in [1.165, 1.54) is 23.9 Å². The topological polar surface area (TPSA) is 35.2 Å². The molecule has 2 aromatic carbocycles. The molecular weight excluding hydrogens is 329 g/mol. The van der Waals surface area contributed by atoms with E-state index in [0.717, 1.165) is 20.7 Å². The monoisotopic (exact) mass is 341 g/mol. The molecule has 2 nitrogen and oxygen atoms in total. The maximum absolute atomic E-state index is 13.2. The Balaban J connectivity index is 2.16. The number of thioether (sulfide) groups is 1. The zero-order valence-electron chi connectivity index (χ0n) is 10.3. The smallest absolute Gasteiger partial charge is 0.124 e. The molecule has 0 fully saturated rings. The minimum Gasteiger partial charge on any atom is -0.497 e. The normalized spacial score (nSPS) is 10.5. The number of methoxy groups -OCH3 is 1. The number of hydrogen-bond acceptors (Lipinski definition) is 3. The number of nitrogen functional groups attached to an aromatic ring is 1. The fourth-order valence-electron chi connectivity index (χ4n) is 1.58. The standard InChI is InChI=1S/C14H13BrFNOS/c1-18-11-3-4-12(15)9(6-11)8-19-14-7-10(16)2-5-13(14)17/h2-7H,8,17H2,1H3. The molecule has 2 rings (SSSR count). The highest BCUT2D eigenvalue weighted by Crippen LogP contribution is 2.32. The van der Waals surface area contributed by atoms with E-state index in [1.807, 2.05) is 18.2 Å². The first-order valence-corrected chi connectivity index (χ1v) is 7.38. The number of rotatable bonds is 4. The molecule has 0 aliphatic carbocycles. The molecule has 0 aromatic heterocycles. The van der Waals surface area contributed by atoms with Gasteiger partial charge in [-0.05, 0) is 42.0 Å². The molecule has 2 aromatic rings. The van der Waals surface area contributed by atoms with E-state index in [4.69, 9.17) is 10.5 Å². The van der Waals surface area contributed by atoms with Crippen molar-refractivity contribution in [3.8, 4) is 5.75 Å². The van der Waals surface area contributed by atoms with Crippen LogP contribution in [0.5, 0.6) is 5.75 Å². The third-order valence-electron chi connectivity index (χ3n) is 2.61. The second kappa shape index (κ2) is 6.30. The van der Waals surface area contributed by atoms with E-state index in [0.29, 0.717) is 11.4 Å². The lowest BCUT2D eigenvalue weighted by Crippen LogP contribution is -1.91. The van der Waals surface area contributed by atoms with Crippen LogP contribution in [-0.4, -0.2) is 7.11 Å². The largest absolute Gasteiger partial charge is 0.497 e. The SMILES string of the molecule is COc1ccc(Br)c(CSc2cc(F)ccc2N)c1. The Kier molecular flexibility index (Phi) is 4.71. The van der Waals surface area contributed by atoms with Gasteiger partial charge in [-0.25, -0.2) is 4.39 Å². The van der Waals surface area contributed by atoms with Gasteiger partial charge in [0.2, 0.25) is 0 Å². The Labute approximate surface area is 124 Å². The summed E-state index contributed by atoms with van der Waals surface area (Å²) in [7, 11) is 1.63. The quantitative estimate of drug-likeness (QED) is 0.658. The van der Waals surface area contributed by atoms with Crippen LogP contribution in [0.25, 0.3) is 0 Å². The lowest BCUT2D eigenvalue weighted by Gasteiger charge is -2.09. The van der Waals surface area contributed by atoms with Crippen molar-refractivity contribution in [3.05, 3.63) is 52.3 Å². The molecule has 2 N–H and O–H groups in total. The average molecular weight is 342 g/mol. The third-order valence-corrected chi connectivity index (χ3v) is 4.51. The Morgan fingerprint density at radius 2 is 2.05 bits per heavy atom.